The van der Waals surface area contributed by atoms with Gasteiger partial charge in [0.05, 0.1) is 11.4 Å². The largest absolute Gasteiger partial charge is 0.395 e. The van der Waals surface area contributed by atoms with Gasteiger partial charge in [0.1, 0.15) is 0 Å². The number of nitrogens with zero attached hydrogens (tertiary/aromatic N) is 1. The van der Waals surface area contributed by atoms with Crippen LogP contribution in [0.3, 0.4) is 0 Å². The summed E-state index contributed by atoms with van der Waals surface area (Å²) in [4.78, 5) is 11.8. The van der Waals surface area contributed by atoms with Gasteiger partial charge in [-0.05, 0) is 25.2 Å². The zero-order valence-electron chi connectivity index (χ0n) is 9.76. The quantitative estimate of drug-likeness (QED) is 0.719. The third-order valence-electron chi connectivity index (χ3n) is 3.45. The number of nitrogen functional groups attached to an aromatic ring is 1. The van der Waals surface area contributed by atoms with Crippen LogP contribution in [0.25, 0.3) is 0 Å². The lowest BCUT2D eigenvalue weighted by atomic mass is 9.70. The Morgan fingerprint density at radius 1 is 1.62 bits per heavy atom. The van der Waals surface area contributed by atoms with Gasteiger partial charge in [-0.1, -0.05) is 13.3 Å². The van der Waals surface area contributed by atoms with E-state index in [4.69, 9.17) is 5.73 Å². The fourth-order valence-corrected chi connectivity index (χ4v) is 1.95. The van der Waals surface area contributed by atoms with E-state index < -0.39 is 0 Å². The number of hydrogen-bond donors (Lipinski definition) is 3. The van der Waals surface area contributed by atoms with Gasteiger partial charge in [-0.3, -0.25) is 9.89 Å². The standard InChI is InChI=1S/C11H18N4O/c1-7-8(12)9(15-14-7)10(16)13-6-11(2)4-3-5-11/h3-6,12H2,1-2H3,(H,13,16)(H,14,15). The number of aromatic nitrogens is 2. The van der Waals surface area contributed by atoms with Gasteiger partial charge in [0.25, 0.3) is 5.91 Å². The highest BCUT2D eigenvalue weighted by Gasteiger charge is 2.32. The number of rotatable bonds is 3. The molecule has 1 saturated carbocycles. The molecule has 0 unspecified atom stereocenters. The molecule has 0 saturated heterocycles. The van der Waals surface area contributed by atoms with Gasteiger partial charge >= 0.3 is 0 Å². The molecule has 1 aromatic rings. The van der Waals surface area contributed by atoms with Crippen LogP contribution >= 0.6 is 0 Å². The van der Waals surface area contributed by atoms with Crippen molar-refractivity contribution >= 4 is 11.6 Å². The van der Waals surface area contributed by atoms with E-state index >= 15 is 0 Å². The minimum atomic E-state index is -0.185. The highest BCUT2D eigenvalue weighted by Crippen LogP contribution is 2.39. The highest BCUT2D eigenvalue weighted by atomic mass is 16.1. The highest BCUT2D eigenvalue weighted by molar-refractivity contribution is 5.97. The van der Waals surface area contributed by atoms with E-state index in [0.29, 0.717) is 17.9 Å². The second-order valence-corrected chi connectivity index (χ2v) is 4.96. The van der Waals surface area contributed by atoms with Crippen molar-refractivity contribution < 1.29 is 4.79 Å². The van der Waals surface area contributed by atoms with Crippen LogP contribution in [0, 0.1) is 12.3 Å². The molecule has 4 N–H and O–H groups in total. The molecule has 1 aromatic heterocycles. The minimum absolute atomic E-state index is 0.185. The summed E-state index contributed by atoms with van der Waals surface area (Å²) in [6.07, 6.45) is 3.63. The number of anilines is 1. The van der Waals surface area contributed by atoms with Crippen LogP contribution < -0.4 is 11.1 Å². The topological polar surface area (TPSA) is 83.8 Å². The molecule has 0 atom stereocenters. The molecule has 5 nitrogen and oxygen atoms in total. The van der Waals surface area contributed by atoms with Gasteiger partial charge < -0.3 is 11.1 Å². The van der Waals surface area contributed by atoms with E-state index in [-0.39, 0.29) is 11.3 Å². The van der Waals surface area contributed by atoms with Crippen molar-refractivity contribution in [2.75, 3.05) is 12.3 Å². The lowest BCUT2D eigenvalue weighted by Crippen LogP contribution is -2.40. The molecule has 1 heterocycles. The van der Waals surface area contributed by atoms with Crippen LogP contribution in [0.15, 0.2) is 0 Å². The minimum Gasteiger partial charge on any atom is -0.395 e. The monoisotopic (exact) mass is 222 g/mol. The number of H-pyrrole nitrogens is 1. The van der Waals surface area contributed by atoms with Crippen molar-refractivity contribution in [3.05, 3.63) is 11.4 Å². The molecule has 1 fully saturated rings. The predicted molar refractivity (Wildman–Crippen MR) is 62.0 cm³/mol. The Labute approximate surface area is 94.8 Å². The number of aromatic amines is 1. The first-order valence-corrected chi connectivity index (χ1v) is 5.60. The second kappa shape index (κ2) is 3.81. The molecular weight excluding hydrogens is 204 g/mol. The number of aryl methyl sites for hydroxylation is 1. The Balaban J connectivity index is 1.95. The second-order valence-electron chi connectivity index (χ2n) is 4.96. The van der Waals surface area contributed by atoms with Crippen LogP contribution in [-0.2, 0) is 0 Å². The number of carbonyl (C=O) groups is 1. The Bertz CT molecular complexity index is 406. The van der Waals surface area contributed by atoms with Crippen molar-refractivity contribution in [2.24, 2.45) is 5.41 Å². The summed E-state index contributed by atoms with van der Waals surface area (Å²) in [6.45, 7) is 4.69. The Hall–Kier alpha value is -1.52. The molecule has 16 heavy (non-hydrogen) atoms. The molecule has 0 aromatic carbocycles. The molecule has 0 aliphatic heterocycles. The molecule has 1 amide bonds. The van der Waals surface area contributed by atoms with E-state index in [0.717, 1.165) is 5.69 Å². The van der Waals surface area contributed by atoms with Gasteiger partial charge in [-0.25, -0.2) is 0 Å². The smallest absolute Gasteiger partial charge is 0.273 e. The van der Waals surface area contributed by atoms with Crippen LogP contribution in [0.2, 0.25) is 0 Å². The molecule has 88 valence electrons. The third-order valence-corrected chi connectivity index (χ3v) is 3.45. The lowest BCUT2D eigenvalue weighted by Gasteiger charge is -2.38. The number of amides is 1. The van der Waals surface area contributed by atoms with Gasteiger partial charge in [0, 0.05) is 6.54 Å². The van der Waals surface area contributed by atoms with E-state index in [2.05, 4.69) is 22.4 Å². The van der Waals surface area contributed by atoms with Gasteiger partial charge in [0.15, 0.2) is 5.69 Å². The molecule has 0 bridgehead atoms. The van der Waals surface area contributed by atoms with Crippen LogP contribution in [0.5, 0.6) is 0 Å². The Morgan fingerprint density at radius 2 is 2.31 bits per heavy atom. The van der Waals surface area contributed by atoms with Gasteiger partial charge in [-0.15, -0.1) is 0 Å². The van der Waals surface area contributed by atoms with E-state index in [1.54, 1.807) is 6.92 Å². The summed E-state index contributed by atoms with van der Waals surface area (Å²) in [7, 11) is 0. The van der Waals surface area contributed by atoms with E-state index in [9.17, 15) is 4.79 Å². The number of nitrogens with one attached hydrogen (secondary N) is 2. The third kappa shape index (κ3) is 1.89. The van der Waals surface area contributed by atoms with Crippen molar-refractivity contribution in [3.8, 4) is 0 Å². The van der Waals surface area contributed by atoms with Crippen molar-refractivity contribution in [1.82, 2.24) is 15.5 Å². The molecule has 0 radical (unpaired) electrons. The summed E-state index contributed by atoms with van der Waals surface area (Å²) in [5.41, 5.74) is 7.49. The van der Waals surface area contributed by atoms with Gasteiger partial charge in [0.2, 0.25) is 0 Å². The van der Waals surface area contributed by atoms with Crippen LogP contribution in [0.4, 0.5) is 5.69 Å². The lowest BCUT2D eigenvalue weighted by molar-refractivity contribution is 0.0886. The maximum atomic E-state index is 11.8. The summed E-state index contributed by atoms with van der Waals surface area (Å²) < 4.78 is 0. The fourth-order valence-electron chi connectivity index (χ4n) is 1.95. The molecule has 0 spiro atoms. The first-order chi connectivity index (χ1) is 7.52. The first kappa shape index (κ1) is 11.0. The summed E-state index contributed by atoms with van der Waals surface area (Å²) in [6, 6.07) is 0. The van der Waals surface area contributed by atoms with E-state index in [1.165, 1.54) is 19.3 Å². The molecule has 2 rings (SSSR count). The average molecular weight is 222 g/mol. The first-order valence-electron chi connectivity index (χ1n) is 5.60. The maximum absolute atomic E-state index is 11.8. The SMILES string of the molecule is Cc1[nH]nc(C(=O)NCC2(C)CCC2)c1N. The van der Waals surface area contributed by atoms with Crippen molar-refractivity contribution in [2.45, 2.75) is 33.1 Å². The fraction of sp³-hybridized carbons (Fsp3) is 0.636. The maximum Gasteiger partial charge on any atom is 0.273 e. The van der Waals surface area contributed by atoms with Crippen LogP contribution in [0.1, 0.15) is 42.4 Å². The molecule has 1 aliphatic carbocycles. The number of nitrogens with two attached hydrogens (primary N) is 1. The van der Waals surface area contributed by atoms with Crippen molar-refractivity contribution in [1.29, 1.82) is 0 Å². The zero-order valence-corrected chi connectivity index (χ0v) is 9.76. The van der Waals surface area contributed by atoms with E-state index in [1.807, 2.05) is 0 Å². The van der Waals surface area contributed by atoms with Gasteiger partial charge in [-0.2, -0.15) is 5.10 Å². The number of carbonyl (C=O) groups excluding carboxylic acids is 1. The molecular formula is C11H18N4O. The molecule has 1 aliphatic rings. The zero-order chi connectivity index (χ0) is 11.8. The van der Waals surface area contributed by atoms with Crippen LogP contribution in [-0.4, -0.2) is 22.6 Å². The van der Waals surface area contributed by atoms with Crippen molar-refractivity contribution in [3.63, 3.8) is 0 Å². The Morgan fingerprint density at radius 3 is 2.75 bits per heavy atom. The number of hydrogen-bond acceptors (Lipinski definition) is 3. The predicted octanol–water partition coefficient (Wildman–Crippen LogP) is 1.22. The normalized spacial score (nSPS) is 17.9. The summed E-state index contributed by atoms with van der Waals surface area (Å²) in [5, 5.41) is 9.50. The summed E-state index contributed by atoms with van der Waals surface area (Å²) >= 11 is 0. The average Bonchev–Trinajstić information content (AvgIpc) is 2.54. The Kier molecular flexibility index (Phi) is 2.61. The molecule has 5 heteroatoms. The summed E-state index contributed by atoms with van der Waals surface area (Å²) in [5.74, 6) is -0.185.